The van der Waals surface area contributed by atoms with E-state index in [-0.39, 0.29) is 17.8 Å². The van der Waals surface area contributed by atoms with Crippen molar-refractivity contribution in [2.45, 2.75) is 38.3 Å². The Bertz CT molecular complexity index is 542. The summed E-state index contributed by atoms with van der Waals surface area (Å²) in [5.74, 6) is 0.137. The van der Waals surface area contributed by atoms with Gasteiger partial charge >= 0.3 is 0 Å². The van der Waals surface area contributed by atoms with Crippen molar-refractivity contribution in [2.75, 3.05) is 12.3 Å². The van der Waals surface area contributed by atoms with E-state index in [2.05, 4.69) is 10.0 Å². The normalized spacial score (nSPS) is 21.6. The Balaban J connectivity index is 1.96. The summed E-state index contributed by atoms with van der Waals surface area (Å²) in [4.78, 5) is 0. The highest BCUT2D eigenvalue weighted by Gasteiger charge is 2.22. The lowest BCUT2D eigenvalue weighted by Crippen LogP contribution is -2.43. The van der Waals surface area contributed by atoms with E-state index in [1.807, 2.05) is 19.1 Å². The van der Waals surface area contributed by atoms with Crippen molar-refractivity contribution in [3.8, 4) is 0 Å². The van der Waals surface area contributed by atoms with Crippen molar-refractivity contribution < 1.29 is 8.42 Å². The van der Waals surface area contributed by atoms with E-state index >= 15 is 0 Å². The van der Waals surface area contributed by atoms with Crippen LogP contribution < -0.4 is 10.0 Å². The van der Waals surface area contributed by atoms with Crippen molar-refractivity contribution in [3.63, 3.8) is 0 Å². The van der Waals surface area contributed by atoms with Crippen LogP contribution in [0.15, 0.2) is 24.3 Å². The maximum atomic E-state index is 12.2. The summed E-state index contributed by atoms with van der Waals surface area (Å²) >= 11 is 5.93. The third-order valence-corrected chi connectivity index (χ3v) is 5.33. The molecule has 0 aliphatic carbocycles. The van der Waals surface area contributed by atoms with Gasteiger partial charge in [-0.3, -0.25) is 0 Å². The third kappa shape index (κ3) is 4.74. The van der Waals surface area contributed by atoms with Gasteiger partial charge in [-0.25, -0.2) is 13.1 Å². The lowest BCUT2D eigenvalue weighted by Gasteiger charge is -2.24. The fraction of sp³-hybridized carbons (Fsp3) is 0.571. The molecule has 2 atom stereocenters. The van der Waals surface area contributed by atoms with Crippen LogP contribution in [0.1, 0.15) is 37.8 Å². The Morgan fingerprint density at radius 3 is 2.90 bits per heavy atom. The minimum absolute atomic E-state index is 0.0628. The van der Waals surface area contributed by atoms with Crippen LogP contribution in [-0.4, -0.2) is 26.8 Å². The largest absolute Gasteiger partial charge is 0.313 e. The molecule has 4 nitrogen and oxygen atoms in total. The van der Waals surface area contributed by atoms with E-state index in [1.165, 1.54) is 0 Å². The Morgan fingerprint density at radius 2 is 2.25 bits per heavy atom. The second-order valence-electron chi connectivity index (χ2n) is 5.32. The molecule has 0 spiro atoms. The molecule has 0 radical (unpaired) electrons. The maximum absolute atomic E-state index is 12.2. The topological polar surface area (TPSA) is 58.2 Å². The van der Waals surface area contributed by atoms with Gasteiger partial charge in [-0.05, 0) is 44.0 Å². The summed E-state index contributed by atoms with van der Waals surface area (Å²) in [6, 6.07) is 7.05. The van der Waals surface area contributed by atoms with E-state index in [9.17, 15) is 8.42 Å². The van der Waals surface area contributed by atoms with E-state index < -0.39 is 10.0 Å². The average molecular weight is 317 g/mol. The van der Waals surface area contributed by atoms with Crippen molar-refractivity contribution in [1.82, 2.24) is 10.0 Å². The second-order valence-corrected chi connectivity index (χ2v) is 7.56. The SMILES string of the molecule is CC(NS(=O)(=O)CC1CCCCN1)c1cccc(Cl)c1. The molecular formula is C14H21ClN2O2S. The van der Waals surface area contributed by atoms with Crippen molar-refractivity contribution in [1.29, 1.82) is 0 Å². The zero-order valence-corrected chi connectivity index (χ0v) is 13.2. The number of benzene rings is 1. The summed E-state index contributed by atoms with van der Waals surface area (Å²) in [5.41, 5.74) is 0.873. The molecule has 20 heavy (non-hydrogen) atoms. The minimum atomic E-state index is -3.30. The monoisotopic (exact) mass is 316 g/mol. The van der Waals surface area contributed by atoms with Crippen LogP contribution in [0.3, 0.4) is 0 Å². The van der Waals surface area contributed by atoms with Gasteiger partial charge in [-0.15, -0.1) is 0 Å². The average Bonchev–Trinajstić information content (AvgIpc) is 2.38. The molecule has 0 amide bonds. The van der Waals surface area contributed by atoms with Crippen molar-refractivity contribution >= 4 is 21.6 Å². The van der Waals surface area contributed by atoms with Gasteiger partial charge in [0.15, 0.2) is 0 Å². The fourth-order valence-electron chi connectivity index (χ4n) is 2.49. The first-order chi connectivity index (χ1) is 9.46. The van der Waals surface area contributed by atoms with E-state index in [1.54, 1.807) is 12.1 Å². The summed E-state index contributed by atoms with van der Waals surface area (Å²) in [7, 11) is -3.30. The van der Waals surface area contributed by atoms with Crippen LogP contribution in [0, 0.1) is 0 Å². The number of sulfonamides is 1. The van der Waals surface area contributed by atoms with E-state index in [0.29, 0.717) is 5.02 Å². The maximum Gasteiger partial charge on any atom is 0.213 e. The quantitative estimate of drug-likeness (QED) is 0.877. The molecule has 1 aromatic carbocycles. The van der Waals surface area contributed by atoms with Gasteiger partial charge < -0.3 is 5.32 Å². The highest BCUT2D eigenvalue weighted by atomic mass is 35.5. The Hall–Kier alpha value is -0.620. The number of hydrogen-bond donors (Lipinski definition) is 2. The molecule has 1 aliphatic heterocycles. The summed E-state index contributed by atoms with van der Waals surface area (Å²) < 4.78 is 27.1. The lowest BCUT2D eigenvalue weighted by molar-refractivity contribution is 0.421. The summed E-state index contributed by atoms with van der Waals surface area (Å²) in [5, 5.41) is 3.87. The number of halogens is 1. The molecule has 2 N–H and O–H groups in total. The predicted molar refractivity (Wildman–Crippen MR) is 82.4 cm³/mol. The zero-order valence-electron chi connectivity index (χ0n) is 11.6. The highest BCUT2D eigenvalue weighted by molar-refractivity contribution is 7.89. The van der Waals surface area contributed by atoms with Crippen molar-refractivity contribution in [2.24, 2.45) is 0 Å². The van der Waals surface area contributed by atoms with E-state index in [0.717, 1.165) is 31.4 Å². The molecule has 6 heteroatoms. The molecule has 0 saturated carbocycles. The first kappa shape index (κ1) is 15.8. The van der Waals surface area contributed by atoms with Gasteiger partial charge in [0.25, 0.3) is 0 Å². The van der Waals surface area contributed by atoms with Crippen LogP contribution in [-0.2, 0) is 10.0 Å². The third-order valence-electron chi connectivity index (χ3n) is 3.54. The molecular weight excluding hydrogens is 296 g/mol. The second kappa shape index (κ2) is 6.89. The Morgan fingerprint density at radius 1 is 1.45 bits per heavy atom. The molecule has 112 valence electrons. The Labute approximate surface area is 126 Å². The molecule has 1 fully saturated rings. The van der Waals surface area contributed by atoms with Gasteiger partial charge in [0.05, 0.1) is 5.75 Å². The smallest absolute Gasteiger partial charge is 0.213 e. The first-order valence-corrected chi connectivity index (χ1v) is 8.98. The first-order valence-electron chi connectivity index (χ1n) is 6.95. The van der Waals surface area contributed by atoms with Gasteiger partial charge in [0, 0.05) is 17.1 Å². The zero-order chi connectivity index (χ0) is 14.6. The number of rotatable bonds is 5. The summed E-state index contributed by atoms with van der Waals surface area (Å²) in [6.07, 6.45) is 3.15. The van der Waals surface area contributed by atoms with Gasteiger partial charge in [0.2, 0.25) is 10.0 Å². The van der Waals surface area contributed by atoms with Crippen molar-refractivity contribution in [3.05, 3.63) is 34.9 Å². The molecule has 2 unspecified atom stereocenters. The fourth-order valence-corrected chi connectivity index (χ4v) is 4.28. The molecule has 1 aromatic rings. The van der Waals surface area contributed by atoms with Gasteiger partial charge in [-0.2, -0.15) is 0 Å². The molecule has 1 aliphatic rings. The lowest BCUT2D eigenvalue weighted by atomic mass is 10.1. The number of hydrogen-bond acceptors (Lipinski definition) is 3. The van der Waals surface area contributed by atoms with E-state index in [4.69, 9.17) is 11.6 Å². The van der Waals surface area contributed by atoms with Crippen LogP contribution in [0.5, 0.6) is 0 Å². The summed E-state index contributed by atoms with van der Waals surface area (Å²) in [6.45, 7) is 2.74. The highest BCUT2D eigenvalue weighted by Crippen LogP contribution is 2.18. The van der Waals surface area contributed by atoms with Crippen LogP contribution in [0.25, 0.3) is 0 Å². The van der Waals surface area contributed by atoms with Crippen LogP contribution >= 0.6 is 11.6 Å². The van der Waals surface area contributed by atoms with Gasteiger partial charge in [-0.1, -0.05) is 30.2 Å². The number of nitrogens with one attached hydrogen (secondary N) is 2. The molecule has 1 saturated heterocycles. The molecule has 2 rings (SSSR count). The number of piperidine rings is 1. The molecule has 1 heterocycles. The predicted octanol–water partition coefficient (Wildman–Crippen LogP) is 2.46. The Kier molecular flexibility index (Phi) is 5.43. The minimum Gasteiger partial charge on any atom is -0.313 e. The van der Waals surface area contributed by atoms with Crippen LogP contribution in [0.2, 0.25) is 5.02 Å². The van der Waals surface area contributed by atoms with Gasteiger partial charge in [0.1, 0.15) is 0 Å². The molecule has 0 aromatic heterocycles. The van der Waals surface area contributed by atoms with Crippen LogP contribution in [0.4, 0.5) is 0 Å². The molecule has 0 bridgehead atoms. The standard InChI is InChI=1S/C14H21ClN2O2S/c1-11(12-5-4-6-13(15)9-12)17-20(18,19)10-14-7-2-3-8-16-14/h4-6,9,11,14,16-17H,2-3,7-8,10H2,1H3.